The van der Waals surface area contributed by atoms with E-state index in [1.165, 1.54) is 6.08 Å². The van der Waals surface area contributed by atoms with E-state index in [2.05, 4.69) is 4.74 Å². The average Bonchev–Trinajstić information content (AvgIpc) is 2.74. The lowest BCUT2D eigenvalue weighted by Gasteiger charge is -2.08. The number of aryl methyl sites for hydroxylation is 1. The molecule has 21 heavy (non-hydrogen) atoms. The van der Waals surface area contributed by atoms with Crippen molar-refractivity contribution in [2.75, 3.05) is 20.3 Å². The Labute approximate surface area is 123 Å². The second kappa shape index (κ2) is 7.88. The molecule has 110 valence electrons. The first-order chi connectivity index (χ1) is 10.0. The first-order valence-electron chi connectivity index (χ1n) is 6.36. The lowest BCUT2D eigenvalue weighted by molar-refractivity contribution is -0.137. The van der Waals surface area contributed by atoms with Gasteiger partial charge in [-0.2, -0.15) is 10.5 Å². The van der Waals surface area contributed by atoms with Crippen LogP contribution in [0.15, 0.2) is 11.6 Å². The van der Waals surface area contributed by atoms with Gasteiger partial charge in [-0.15, -0.1) is 0 Å². The van der Waals surface area contributed by atoms with Crippen molar-refractivity contribution in [3.63, 3.8) is 0 Å². The Morgan fingerprint density at radius 2 is 2.14 bits per heavy atom. The van der Waals surface area contributed by atoms with E-state index in [1.54, 1.807) is 19.2 Å². The number of aromatic nitrogens is 1. The van der Waals surface area contributed by atoms with Crippen LogP contribution in [0, 0.1) is 36.5 Å². The fourth-order valence-corrected chi connectivity index (χ4v) is 1.97. The number of hydrogen-bond acceptors (Lipinski definition) is 5. The van der Waals surface area contributed by atoms with Crippen LogP contribution in [-0.4, -0.2) is 30.9 Å². The van der Waals surface area contributed by atoms with Crippen LogP contribution in [0.2, 0.25) is 0 Å². The zero-order chi connectivity index (χ0) is 15.8. The minimum absolute atomic E-state index is 0.128. The Kier molecular flexibility index (Phi) is 6.19. The molecule has 0 amide bonds. The van der Waals surface area contributed by atoms with E-state index in [9.17, 15) is 4.79 Å². The lowest BCUT2D eigenvalue weighted by atomic mass is 10.1. The fourth-order valence-electron chi connectivity index (χ4n) is 1.97. The average molecular weight is 287 g/mol. The van der Waals surface area contributed by atoms with Crippen LogP contribution in [0.1, 0.15) is 17.0 Å². The standard InChI is InChI=1S/C15H17N3O3/c1-11-8-13(12(2)18(11)5-7-20-3)9-14(10-17)15(19)21-6-4-16/h8-9H,5-7H2,1-3H3/b14-9+. The first kappa shape index (κ1) is 16.5. The Morgan fingerprint density at radius 1 is 1.43 bits per heavy atom. The Balaban J connectivity index is 3.05. The van der Waals surface area contributed by atoms with E-state index in [0.29, 0.717) is 13.2 Å². The van der Waals surface area contributed by atoms with Gasteiger partial charge >= 0.3 is 5.97 Å². The van der Waals surface area contributed by atoms with Crippen LogP contribution >= 0.6 is 0 Å². The third-order valence-corrected chi connectivity index (χ3v) is 3.04. The van der Waals surface area contributed by atoms with Crippen molar-refractivity contribution in [1.29, 1.82) is 10.5 Å². The lowest BCUT2D eigenvalue weighted by Crippen LogP contribution is -2.08. The number of methoxy groups -OCH3 is 1. The summed E-state index contributed by atoms with van der Waals surface area (Å²) in [5.41, 5.74) is 2.59. The summed E-state index contributed by atoms with van der Waals surface area (Å²) in [5, 5.41) is 17.4. The Hall–Kier alpha value is -2.57. The molecule has 0 spiro atoms. The molecule has 0 aliphatic rings. The molecule has 0 saturated carbocycles. The number of ether oxygens (including phenoxy) is 2. The highest BCUT2D eigenvalue weighted by Gasteiger charge is 2.13. The summed E-state index contributed by atoms with van der Waals surface area (Å²) in [6.45, 7) is 4.76. The fraction of sp³-hybridized carbons (Fsp3) is 0.400. The van der Waals surface area contributed by atoms with Gasteiger partial charge in [0.25, 0.3) is 0 Å². The van der Waals surface area contributed by atoms with E-state index in [-0.39, 0.29) is 12.2 Å². The van der Waals surface area contributed by atoms with E-state index in [1.807, 2.05) is 24.5 Å². The number of nitrogens with zero attached hydrogens (tertiary/aromatic N) is 3. The van der Waals surface area contributed by atoms with Crippen molar-refractivity contribution < 1.29 is 14.3 Å². The number of rotatable bonds is 6. The van der Waals surface area contributed by atoms with Gasteiger partial charge in [0, 0.05) is 25.0 Å². The molecule has 0 saturated heterocycles. The first-order valence-corrected chi connectivity index (χ1v) is 6.36. The highest BCUT2D eigenvalue weighted by Crippen LogP contribution is 2.18. The normalized spacial score (nSPS) is 10.8. The molecule has 0 aliphatic heterocycles. The third kappa shape index (κ3) is 4.20. The van der Waals surface area contributed by atoms with Gasteiger partial charge in [-0.25, -0.2) is 4.79 Å². The largest absolute Gasteiger partial charge is 0.446 e. The molecule has 1 rings (SSSR count). The second-order valence-electron chi connectivity index (χ2n) is 4.37. The molecule has 1 aromatic heterocycles. The maximum atomic E-state index is 11.6. The van der Waals surface area contributed by atoms with Gasteiger partial charge in [-0.1, -0.05) is 0 Å². The zero-order valence-corrected chi connectivity index (χ0v) is 12.3. The van der Waals surface area contributed by atoms with Crippen LogP contribution in [0.5, 0.6) is 0 Å². The molecule has 0 bridgehead atoms. The molecular formula is C15H17N3O3. The maximum Gasteiger partial charge on any atom is 0.349 e. The van der Waals surface area contributed by atoms with Crippen molar-refractivity contribution in [1.82, 2.24) is 4.57 Å². The predicted octanol–water partition coefficient (Wildman–Crippen LogP) is 1.73. The molecule has 0 aromatic carbocycles. The van der Waals surface area contributed by atoms with Crippen LogP contribution < -0.4 is 0 Å². The molecule has 6 nitrogen and oxygen atoms in total. The number of carbonyl (C=O) groups is 1. The Morgan fingerprint density at radius 3 is 2.71 bits per heavy atom. The molecule has 0 N–H and O–H groups in total. The van der Waals surface area contributed by atoms with Gasteiger partial charge in [0.1, 0.15) is 17.7 Å². The van der Waals surface area contributed by atoms with Gasteiger partial charge in [-0.3, -0.25) is 0 Å². The monoisotopic (exact) mass is 287 g/mol. The number of carbonyl (C=O) groups excluding carboxylic acids is 1. The smallest absolute Gasteiger partial charge is 0.349 e. The minimum atomic E-state index is -0.791. The molecule has 0 unspecified atom stereocenters. The van der Waals surface area contributed by atoms with E-state index >= 15 is 0 Å². The van der Waals surface area contributed by atoms with Crippen LogP contribution in [0.3, 0.4) is 0 Å². The molecule has 0 radical (unpaired) electrons. The topological polar surface area (TPSA) is 88.0 Å². The quantitative estimate of drug-likeness (QED) is 0.451. The highest BCUT2D eigenvalue weighted by molar-refractivity contribution is 5.98. The summed E-state index contributed by atoms with van der Waals surface area (Å²) in [6.07, 6.45) is 1.48. The molecule has 1 heterocycles. The van der Waals surface area contributed by atoms with Gasteiger partial charge in [0.15, 0.2) is 6.61 Å². The Bertz CT molecular complexity index is 630. The number of nitriles is 2. The van der Waals surface area contributed by atoms with Crippen molar-refractivity contribution in [3.8, 4) is 12.1 Å². The second-order valence-corrected chi connectivity index (χ2v) is 4.37. The summed E-state index contributed by atoms with van der Waals surface area (Å²) >= 11 is 0. The number of hydrogen-bond donors (Lipinski definition) is 0. The summed E-state index contributed by atoms with van der Waals surface area (Å²) < 4.78 is 11.7. The molecule has 6 heteroatoms. The molecular weight excluding hydrogens is 270 g/mol. The zero-order valence-electron chi connectivity index (χ0n) is 12.3. The summed E-state index contributed by atoms with van der Waals surface area (Å²) in [6, 6.07) is 5.38. The summed E-state index contributed by atoms with van der Waals surface area (Å²) in [7, 11) is 1.63. The number of esters is 1. The molecule has 0 fully saturated rings. The maximum absolute atomic E-state index is 11.6. The van der Waals surface area contributed by atoms with Crippen molar-refractivity contribution in [2.45, 2.75) is 20.4 Å². The molecule has 0 aliphatic carbocycles. The predicted molar refractivity (Wildman–Crippen MR) is 75.9 cm³/mol. The van der Waals surface area contributed by atoms with E-state index < -0.39 is 5.97 Å². The molecule has 0 atom stereocenters. The van der Waals surface area contributed by atoms with Crippen LogP contribution in [-0.2, 0) is 20.8 Å². The van der Waals surface area contributed by atoms with Gasteiger partial charge in [0.05, 0.1) is 6.61 Å². The highest BCUT2D eigenvalue weighted by atomic mass is 16.5. The SMILES string of the molecule is COCCn1c(C)cc(/C=C(\C#N)C(=O)OCC#N)c1C. The molecule has 1 aromatic rings. The van der Waals surface area contributed by atoms with Crippen molar-refractivity contribution >= 4 is 12.0 Å². The summed E-state index contributed by atoms with van der Waals surface area (Å²) in [5.74, 6) is -0.791. The van der Waals surface area contributed by atoms with Gasteiger partial charge in [-0.05, 0) is 31.6 Å². The van der Waals surface area contributed by atoms with Gasteiger partial charge < -0.3 is 14.0 Å². The third-order valence-electron chi connectivity index (χ3n) is 3.04. The van der Waals surface area contributed by atoms with Gasteiger partial charge in [0.2, 0.25) is 0 Å². The van der Waals surface area contributed by atoms with Crippen LogP contribution in [0.4, 0.5) is 0 Å². The van der Waals surface area contributed by atoms with Crippen LogP contribution in [0.25, 0.3) is 6.08 Å². The van der Waals surface area contributed by atoms with E-state index in [4.69, 9.17) is 15.3 Å². The van der Waals surface area contributed by atoms with E-state index in [0.717, 1.165) is 17.0 Å². The van der Waals surface area contributed by atoms with Crippen molar-refractivity contribution in [3.05, 3.63) is 28.6 Å². The van der Waals surface area contributed by atoms with Crippen molar-refractivity contribution in [2.24, 2.45) is 0 Å². The minimum Gasteiger partial charge on any atom is -0.446 e. The summed E-state index contributed by atoms with van der Waals surface area (Å²) in [4.78, 5) is 11.6.